The van der Waals surface area contributed by atoms with Crippen LogP contribution in [0.2, 0.25) is 0 Å². The van der Waals surface area contributed by atoms with Gasteiger partial charge in [-0.05, 0) is 27.7 Å². The van der Waals surface area contributed by atoms with Crippen LogP contribution in [0.3, 0.4) is 0 Å². The van der Waals surface area contributed by atoms with Gasteiger partial charge in [0, 0.05) is 5.46 Å². The first-order valence-electron chi connectivity index (χ1n) is 4.46. The van der Waals surface area contributed by atoms with Gasteiger partial charge in [0.05, 0.1) is 17.4 Å². The van der Waals surface area contributed by atoms with E-state index in [1.54, 1.807) is 20.0 Å². The van der Waals surface area contributed by atoms with E-state index in [1.807, 2.05) is 13.8 Å². The molecule has 0 aliphatic carbocycles. The molecule has 0 aromatic carbocycles. The second-order valence-electron chi connectivity index (χ2n) is 4.26. The zero-order chi connectivity index (χ0) is 10.8. The number of nitrogens with zero attached hydrogens (tertiary/aromatic N) is 1. The van der Waals surface area contributed by atoms with Gasteiger partial charge in [0.15, 0.2) is 0 Å². The van der Waals surface area contributed by atoms with Gasteiger partial charge in [0.25, 0.3) is 0 Å². The molecular formula is C9H15BNO3. The first kappa shape index (κ1) is 11.3. The van der Waals surface area contributed by atoms with E-state index in [-0.39, 0.29) is 0 Å². The minimum atomic E-state index is -0.916. The van der Waals surface area contributed by atoms with Crippen LogP contribution in [0.4, 0.5) is 0 Å². The molecule has 0 bridgehead atoms. The zero-order valence-corrected chi connectivity index (χ0v) is 8.94. The summed E-state index contributed by atoms with van der Waals surface area (Å²) in [6.45, 7) is 7.04. The van der Waals surface area contributed by atoms with Gasteiger partial charge in [-0.1, -0.05) is 5.16 Å². The standard InChI is InChI=1S/C9H15BNO3/c1-8(2,12)9(3,4)14-10-7-5-11-13-6-7/h5-6,12H,1-4H3. The smallest absolute Gasteiger partial charge is 0.335 e. The minimum Gasteiger partial charge on any atom is -0.426 e. The molecule has 0 atom stereocenters. The van der Waals surface area contributed by atoms with Crippen LogP contribution in [-0.2, 0) is 4.65 Å². The highest BCUT2D eigenvalue weighted by molar-refractivity contribution is 6.46. The van der Waals surface area contributed by atoms with Crippen molar-refractivity contribution in [1.82, 2.24) is 5.16 Å². The SMILES string of the molecule is CC(C)(O)C(C)(C)O[B]c1cnoc1. The maximum atomic E-state index is 9.79. The molecule has 0 saturated carbocycles. The van der Waals surface area contributed by atoms with E-state index in [2.05, 4.69) is 9.68 Å². The van der Waals surface area contributed by atoms with Crippen LogP contribution < -0.4 is 5.46 Å². The summed E-state index contributed by atoms with van der Waals surface area (Å²) >= 11 is 0. The van der Waals surface area contributed by atoms with E-state index in [0.717, 1.165) is 5.46 Å². The molecule has 14 heavy (non-hydrogen) atoms. The maximum absolute atomic E-state index is 9.79. The summed E-state index contributed by atoms with van der Waals surface area (Å²) in [7, 11) is 1.52. The Bertz CT molecular complexity index is 277. The van der Waals surface area contributed by atoms with Gasteiger partial charge < -0.3 is 14.3 Å². The topological polar surface area (TPSA) is 55.5 Å². The van der Waals surface area contributed by atoms with Crippen LogP contribution >= 0.6 is 0 Å². The third-order valence-corrected chi connectivity index (χ3v) is 2.41. The Morgan fingerprint density at radius 3 is 2.50 bits per heavy atom. The minimum absolute atomic E-state index is 0.662. The van der Waals surface area contributed by atoms with Gasteiger partial charge in [-0.2, -0.15) is 0 Å². The van der Waals surface area contributed by atoms with E-state index >= 15 is 0 Å². The van der Waals surface area contributed by atoms with Crippen molar-refractivity contribution in [1.29, 1.82) is 0 Å². The normalized spacial score (nSPS) is 12.9. The van der Waals surface area contributed by atoms with E-state index in [9.17, 15) is 5.11 Å². The molecule has 1 rings (SSSR count). The molecule has 0 aliphatic heterocycles. The monoisotopic (exact) mass is 196 g/mol. The van der Waals surface area contributed by atoms with Crippen LogP contribution in [0.15, 0.2) is 17.0 Å². The van der Waals surface area contributed by atoms with Crippen LogP contribution in [0, 0.1) is 0 Å². The van der Waals surface area contributed by atoms with Gasteiger partial charge >= 0.3 is 7.48 Å². The Hall–Kier alpha value is -0.805. The van der Waals surface area contributed by atoms with Crippen molar-refractivity contribution in [2.75, 3.05) is 0 Å². The number of aromatic nitrogens is 1. The molecule has 1 N–H and O–H groups in total. The summed E-state index contributed by atoms with van der Waals surface area (Å²) in [5.74, 6) is 0. The maximum Gasteiger partial charge on any atom is 0.335 e. The Kier molecular flexibility index (Phi) is 3.02. The van der Waals surface area contributed by atoms with Gasteiger partial charge in [-0.3, -0.25) is 0 Å². The van der Waals surface area contributed by atoms with E-state index in [1.165, 1.54) is 13.7 Å². The fourth-order valence-corrected chi connectivity index (χ4v) is 0.631. The summed E-state index contributed by atoms with van der Waals surface area (Å²) in [6.07, 6.45) is 3.01. The third kappa shape index (κ3) is 2.59. The fraction of sp³-hybridized carbons (Fsp3) is 0.667. The van der Waals surface area contributed by atoms with E-state index < -0.39 is 11.2 Å². The van der Waals surface area contributed by atoms with Crippen molar-refractivity contribution in [3.63, 3.8) is 0 Å². The van der Waals surface area contributed by atoms with Gasteiger partial charge in [0.2, 0.25) is 0 Å². The van der Waals surface area contributed by atoms with Crippen molar-refractivity contribution in [3.8, 4) is 0 Å². The molecule has 1 heterocycles. The Morgan fingerprint density at radius 2 is 2.07 bits per heavy atom. The average molecular weight is 196 g/mol. The lowest BCUT2D eigenvalue weighted by Crippen LogP contribution is -2.49. The highest BCUT2D eigenvalue weighted by atomic mass is 16.5. The van der Waals surface area contributed by atoms with Gasteiger partial charge in [-0.15, -0.1) is 0 Å². The quantitative estimate of drug-likeness (QED) is 0.711. The van der Waals surface area contributed by atoms with Gasteiger partial charge in [-0.25, -0.2) is 0 Å². The van der Waals surface area contributed by atoms with Crippen molar-refractivity contribution < 1.29 is 14.3 Å². The largest absolute Gasteiger partial charge is 0.426 e. The van der Waals surface area contributed by atoms with Gasteiger partial charge in [0.1, 0.15) is 6.26 Å². The van der Waals surface area contributed by atoms with Crippen LogP contribution in [0.1, 0.15) is 27.7 Å². The lowest BCUT2D eigenvalue weighted by molar-refractivity contribution is -0.0893. The summed E-state index contributed by atoms with van der Waals surface area (Å²) in [4.78, 5) is 0. The molecule has 0 unspecified atom stereocenters. The first-order chi connectivity index (χ1) is 6.33. The second-order valence-corrected chi connectivity index (χ2v) is 4.26. The highest BCUT2D eigenvalue weighted by Gasteiger charge is 2.35. The summed E-state index contributed by atoms with van der Waals surface area (Å²) in [6, 6.07) is 0. The van der Waals surface area contributed by atoms with E-state index in [4.69, 9.17) is 4.65 Å². The van der Waals surface area contributed by atoms with E-state index in [0.29, 0.717) is 0 Å². The molecule has 0 aliphatic rings. The molecule has 1 aromatic heterocycles. The summed E-state index contributed by atoms with van der Waals surface area (Å²) < 4.78 is 10.1. The lowest BCUT2D eigenvalue weighted by atomic mass is 9.84. The predicted molar refractivity (Wildman–Crippen MR) is 53.4 cm³/mol. The zero-order valence-electron chi connectivity index (χ0n) is 8.94. The molecule has 0 spiro atoms. The Morgan fingerprint density at radius 1 is 1.43 bits per heavy atom. The van der Waals surface area contributed by atoms with Crippen LogP contribution in [0.5, 0.6) is 0 Å². The molecule has 77 valence electrons. The number of rotatable bonds is 4. The molecule has 0 saturated heterocycles. The summed E-state index contributed by atoms with van der Waals surface area (Å²) in [5, 5.41) is 13.3. The molecular weight excluding hydrogens is 181 g/mol. The predicted octanol–water partition coefficient (Wildman–Crippen LogP) is 0.485. The molecule has 1 aromatic rings. The lowest BCUT2D eigenvalue weighted by Gasteiger charge is -2.37. The number of hydrogen-bond donors (Lipinski definition) is 1. The molecule has 0 fully saturated rings. The number of hydrogen-bond acceptors (Lipinski definition) is 4. The van der Waals surface area contributed by atoms with Crippen LogP contribution in [-0.4, -0.2) is 28.9 Å². The molecule has 1 radical (unpaired) electrons. The summed E-state index contributed by atoms with van der Waals surface area (Å²) in [5.41, 5.74) is -0.840. The molecule has 5 heteroatoms. The average Bonchev–Trinajstić information content (AvgIpc) is 2.50. The van der Waals surface area contributed by atoms with Crippen molar-refractivity contribution in [3.05, 3.63) is 12.5 Å². The van der Waals surface area contributed by atoms with Crippen molar-refractivity contribution in [2.45, 2.75) is 38.9 Å². The first-order valence-corrected chi connectivity index (χ1v) is 4.46. The molecule has 4 nitrogen and oxygen atoms in total. The fourth-order valence-electron chi connectivity index (χ4n) is 0.631. The van der Waals surface area contributed by atoms with Crippen molar-refractivity contribution in [2.24, 2.45) is 0 Å². The third-order valence-electron chi connectivity index (χ3n) is 2.41. The second kappa shape index (κ2) is 3.75. The number of aliphatic hydroxyl groups is 1. The van der Waals surface area contributed by atoms with Crippen LogP contribution in [0.25, 0.3) is 0 Å². The highest BCUT2D eigenvalue weighted by Crippen LogP contribution is 2.24. The Labute approximate surface area is 84.5 Å². The Balaban J connectivity index is 2.53. The van der Waals surface area contributed by atoms with Crippen molar-refractivity contribution >= 4 is 12.9 Å². The molecule has 0 amide bonds.